The van der Waals surface area contributed by atoms with E-state index in [4.69, 9.17) is 37.6 Å². The SMILES string of the molecule is COc1cc(-c2oc3cc(O)cc(O)c3c(=O)c2O[C@H]2O[C@@H](CO[C@H]3O[C@@H](C)[C@H](O[C@H]4O[C@@H](C)[C@H](O)[C@@H](O)[C@@H]4O)[C@@H](O)[C@@H]3O)[C@H](O)[C@@H](O)[C@@H]2O)ccc1O. The molecule has 11 N–H and O–H groups in total. The minimum atomic E-state index is -2.00. The van der Waals surface area contributed by atoms with E-state index in [-0.39, 0.29) is 28.4 Å². The first-order valence-corrected chi connectivity index (χ1v) is 16.8. The number of rotatable bonds is 9. The van der Waals surface area contributed by atoms with Crippen molar-refractivity contribution in [3.8, 4) is 40.1 Å². The molecule has 0 amide bonds. The van der Waals surface area contributed by atoms with Gasteiger partial charge in [0.05, 0.1) is 25.9 Å². The summed E-state index contributed by atoms with van der Waals surface area (Å²) in [5, 5.41) is 115. The van der Waals surface area contributed by atoms with Gasteiger partial charge in [0, 0.05) is 17.7 Å². The number of hydrogen-bond donors (Lipinski definition) is 11. The molecule has 0 aliphatic carbocycles. The van der Waals surface area contributed by atoms with Crippen LogP contribution in [-0.4, -0.2) is 162 Å². The zero-order valence-corrected chi connectivity index (χ0v) is 28.8. The lowest BCUT2D eigenvalue weighted by Crippen LogP contribution is -2.63. The van der Waals surface area contributed by atoms with Crippen LogP contribution in [0, 0.1) is 0 Å². The molecule has 0 spiro atoms. The van der Waals surface area contributed by atoms with Gasteiger partial charge in [-0.05, 0) is 32.0 Å². The molecule has 0 unspecified atom stereocenters. The van der Waals surface area contributed by atoms with E-state index in [9.17, 15) is 61.0 Å². The lowest BCUT2D eigenvalue weighted by Gasteiger charge is -2.46. The highest BCUT2D eigenvalue weighted by Crippen LogP contribution is 2.40. The highest BCUT2D eigenvalue weighted by atomic mass is 16.7. The summed E-state index contributed by atoms with van der Waals surface area (Å²) in [5.41, 5.74) is -1.20. The number of aliphatic hydroxyl groups excluding tert-OH is 8. The van der Waals surface area contributed by atoms with Crippen molar-refractivity contribution in [3.05, 3.63) is 40.6 Å². The predicted octanol–water partition coefficient (Wildman–Crippen LogP) is -2.53. The average molecular weight is 771 g/mol. The Hall–Kier alpha value is -3.87. The zero-order valence-electron chi connectivity index (χ0n) is 28.8. The molecule has 3 fully saturated rings. The Kier molecular flexibility index (Phi) is 11.6. The fourth-order valence-electron chi connectivity index (χ4n) is 6.45. The van der Waals surface area contributed by atoms with E-state index in [1.807, 2.05) is 0 Å². The number of phenolic OH excluding ortho intramolecular Hbond substituents is 3. The van der Waals surface area contributed by atoms with Gasteiger partial charge in [-0.1, -0.05) is 0 Å². The molecule has 0 bridgehead atoms. The van der Waals surface area contributed by atoms with E-state index >= 15 is 0 Å². The summed E-state index contributed by atoms with van der Waals surface area (Å²) < 4.78 is 44.9. The predicted molar refractivity (Wildman–Crippen MR) is 176 cm³/mol. The van der Waals surface area contributed by atoms with Gasteiger partial charge in [-0.3, -0.25) is 4.79 Å². The summed E-state index contributed by atoms with van der Waals surface area (Å²) in [6.07, 6.45) is -24.0. The van der Waals surface area contributed by atoms with Gasteiger partial charge in [0.1, 0.15) is 83.5 Å². The minimum Gasteiger partial charge on any atom is -0.508 e. The molecule has 6 rings (SSSR count). The summed E-state index contributed by atoms with van der Waals surface area (Å²) in [7, 11) is 1.27. The smallest absolute Gasteiger partial charge is 0.239 e. The molecule has 20 nitrogen and oxygen atoms in total. The third-order valence-electron chi connectivity index (χ3n) is 9.56. The number of hydrogen-bond acceptors (Lipinski definition) is 20. The van der Waals surface area contributed by atoms with E-state index in [1.54, 1.807) is 0 Å². The van der Waals surface area contributed by atoms with Crippen LogP contribution in [0.5, 0.6) is 28.7 Å². The van der Waals surface area contributed by atoms with Crippen molar-refractivity contribution in [2.75, 3.05) is 13.7 Å². The van der Waals surface area contributed by atoms with Crippen LogP contribution in [-0.2, 0) is 23.7 Å². The van der Waals surface area contributed by atoms with E-state index < -0.39 is 127 Å². The Morgan fingerprint density at radius 2 is 1.33 bits per heavy atom. The molecule has 0 saturated carbocycles. The number of aromatic hydroxyl groups is 3. The molecule has 298 valence electrons. The zero-order chi connectivity index (χ0) is 39.3. The van der Waals surface area contributed by atoms with E-state index in [0.717, 1.165) is 12.1 Å². The van der Waals surface area contributed by atoms with Crippen molar-refractivity contribution >= 4 is 11.0 Å². The molecule has 3 saturated heterocycles. The summed E-state index contributed by atoms with van der Waals surface area (Å²) in [4.78, 5) is 13.8. The standard InChI is InChI=1S/C34H42O20/c1-10-20(38)23(41)26(44)33(49-10)53-29-11(2)50-32(28(46)25(29)43)48-9-18-21(39)24(42)27(45)34(52-18)54-31-22(40)19-15(37)7-13(35)8-17(19)51-30(31)12-4-5-14(36)16(6-12)47-3/h4-8,10-11,18,20-21,23-29,32-39,41-46H,9H2,1-3H3/t10-,11-,18-,20-,21-,23+,24+,25-,26-,27-,28-,29-,32-,33+,34+/m0/s1. The third kappa shape index (κ3) is 7.41. The van der Waals surface area contributed by atoms with Gasteiger partial charge in [-0.15, -0.1) is 0 Å². The molecule has 54 heavy (non-hydrogen) atoms. The fourth-order valence-corrected chi connectivity index (χ4v) is 6.45. The molecular weight excluding hydrogens is 728 g/mol. The molecule has 20 heteroatoms. The Morgan fingerprint density at radius 1 is 0.685 bits per heavy atom. The highest BCUT2D eigenvalue weighted by molar-refractivity contribution is 5.88. The van der Waals surface area contributed by atoms with Gasteiger partial charge in [0.15, 0.2) is 29.8 Å². The van der Waals surface area contributed by atoms with Crippen molar-refractivity contribution in [1.82, 2.24) is 0 Å². The molecule has 3 aliphatic heterocycles. The van der Waals surface area contributed by atoms with Crippen LogP contribution >= 0.6 is 0 Å². The molecule has 1 aromatic heterocycles. The van der Waals surface area contributed by atoms with E-state index in [1.165, 1.54) is 39.2 Å². The Morgan fingerprint density at radius 3 is 2.04 bits per heavy atom. The Labute approximate surface area is 305 Å². The van der Waals surface area contributed by atoms with Gasteiger partial charge in [0.2, 0.25) is 17.5 Å². The number of aliphatic hydroxyl groups is 8. The van der Waals surface area contributed by atoms with Crippen molar-refractivity contribution in [1.29, 1.82) is 0 Å². The second kappa shape index (κ2) is 15.7. The molecule has 0 radical (unpaired) electrons. The first kappa shape index (κ1) is 39.8. The van der Waals surface area contributed by atoms with Crippen molar-refractivity contribution in [2.24, 2.45) is 0 Å². The molecule has 3 aromatic rings. The van der Waals surface area contributed by atoms with Crippen molar-refractivity contribution < 1.29 is 93.7 Å². The monoisotopic (exact) mass is 770 g/mol. The van der Waals surface area contributed by atoms with Gasteiger partial charge in [-0.25, -0.2) is 0 Å². The van der Waals surface area contributed by atoms with Crippen LogP contribution in [0.15, 0.2) is 39.5 Å². The molecule has 4 heterocycles. The topological polar surface area (TPSA) is 317 Å². The van der Waals surface area contributed by atoms with Gasteiger partial charge < -0.3 is 93.7 Å². The Balaban J connectivity index is 1.21. The number of methoxy groups -OCH3 is 1. The lowest BCUT2D eigenvalue weighted by atomic mass is 9.97. The first-order valence-electron chi connectivity index (χ1n) is 16.8. The molecule has 2 aromatic carbocycles. The van der Waals surface area contributed by atoms with Crippen LogP contribution in [0.25, 0.3) is 22.3 Å². The fraction of sp³-hybridized carbons (Fsp3) is 0.559. The first-order chi connectivity index (χ1) is 25.5. The number of phenols is 3. The summed E-state index contributed by atoms with van der Waals surface area (Å²) in [6.45, 7) is 2.20. The van der Waals surface area contributed by atoms with Crippen LogP contribution < -0.4 is 14.9 Å². The second-order valence-electron chi connectivity index (χ2n) is 13.3. The second-order valence-corrected chi connectivity index (χ2v) is 13.3. The minimum absolute atomic E-state index is 0.0396. The maximum Gasteiger partial charge on any atom is 0.239 e. The van der Waals surface area contributed by atoms with Crippen molar-refractivity contribution in [2.45, 2.75) is 106 Å². The van der Waals surface area contributed by atoms with Gasteiger partial charge in [-0.2, -0.15) is 0 Å². The quantitative estimate of drug-likeness (QED) is 0.107. The number of benzene rings is 2. The Bertz CT molecular complexity index is 1850. The maximum absolute atomic E-state index is 13.8. The maximum atomic E-state index is 13.8. The van der Waals surface area contributed by atoms with Crippen LogP contribution in [0.2, 0.25) is 0 Å². The summed E-state index contributed by atoms with van der Waals surface area (Å²) in [6, 6.07) is 5.75. The average Bonchev–Trinajstić information content (AvgIpc) is 3.13. The van der Waals surface area contributed by atoms with Gasteiger partial charge in [0.25, 0.3) is 0 Å². The largest absolute Gasteiger partial charge is 0.508 e. The number of ether oxygens (including phenoxy) is 7. The highest BCUT2D eigenvalue weighted by Gasteiger charge is 2.51. The molecule has 15 atom stereocenters. The van der Waals surface area contributed by atoms with E-state index in [0.29, 0.717) is 0 Å². The summed E-state index contributed by atoms with van der Waals surface area (Å²) in [5.74, 6) is -2.44. The van der Waals surface area contributed by atoms with Crippen LogP contribution in [0.4, 0.5) is 0 Å². The van der Waals surface area contributed by atoms with E-state index in [2.05, 4.69) is 0 Å². The third-order valence-corrected chi connectivity index (χ3v) is 9.56. The summed E-state index contributed by atoms with van der Waals surface area (Å²) >= 11 is 0. The lowest BCUT2D eigenvalue weighted by molar-refractivity contribution is -0.357. The van der Waals surface area contributed by atoms with Crippen LogP contribution in [0.3, 0.4) is 0 Å². The molecule has 3 aliphatic rings. The van der Waals surface area contributed by atoms with Crippen molar-refractivity contribution in [3.63, 3.8) is 0 Å². The van der Waals surface area contributed by atoms with Gasteiger partial charge >= 0.3 is 0 Å². The normalized spacial score (nSPS) is 37.3. The molecular formula is C34H42O20. The van der Waals surface area contributed by atoms with Crippen LogP contribution in [0.1, 0.15) is 13.8 Å². The number of fused-ring (bicyclic) bond motifs is 1.